The summed E-state index contributed by atoms with van der Waals surface area (Å²) in [4.78, 5) is 1.22. The predicted octanol–water partition coefficient (Wildman–Crippen LogP) is 1.38. The van der Waals surface area contributed by atoms with Crippen molar-refractivity contribution >= 4 is 23.1 Å². The molecule has 1 aromatic heterocycles. The average molecular weight is 425 g/mol. The Balaban J connectivity index is 1.61. The van der Waals surface area contributed by atoms with Crippen molar-refractivity contribution in [2.45, 2.75) is 6.92 Å². The van der Waals surface area contributed by atoms with Crippen LogP contribution < -0.4 is 10.2 Å². The van der Waals surface area contributed by atoms with Crippen LogP contribution in [0.1, 0.15) is 12.5 Å². The van der Waals surface area contributed by atoms with E-state index in [0.717, 1.165) is 0 Å². The minimum atomic E-state index is -0.673. The fourth-order valence-corrected chi connectivity index (χ4v) is 3.45. The summed E-state index contributed by atoms with van der Waals surface area (Å²) in [5.74, 6) is 0.236. The summed E-state index contributed by atoms with van der Waals surface area (Å²) in [6, 6.07) is 20.0. The third kappa shape index (κ3) is 3.13. The lowest BCUT2D eigenvalue weighted by Crippen LogP contribution is -3.03. The number of hydrogen-bond donors (Lipinski definition) is 2. The molecule has 0 saturated heterocycles. The third-order valence-electron chi connectivity index (χ3n) is 4.98. The van der Waals surface area contributed by atoms with Crippen LogP contribution in [-0.4, -0.2) is 21.4 Å². The van der Waals surface area contributed by atoms with Crippen LogP contribution in [0.25, 0.3) is 11.3 Å². The zero-order chi connectivity index (χ0) is 22.2. The Morgan fingerprint density at radius 1 is 0.969 bits per heavy atom. The molecule has 0 fully saturated rings. The Labute approximate surface area is 181 Å². The molecule has 3 heterocycles. The molecule has 11 nitrogen and oxygen atoms in total. The second-order valence-electron chi connectivity index (χ2n) is 6.98. The molecule has 156 valence electrons. The minimum absolute atomic E-state index is 0.0220. The molecule has 32 heavy (non-hydrogen) atoms. The largest absolute Gasteiger partial charge is 0.621 e. The monoisotopic (exact) mass is 425 g/mol. The van der Waals surface area contributed by atoms with Gasteiger partial charge in [0, 0.05) is 18.1 Å². The molecule has 2 N–H and O–H groups in total. The molecule has 0 amide bonds. The molecule has 5 rings (SSSR count). The number of quaternary nitrogens is 2. The van der Waals surface area contributed by atoms with Crippen molar-refractivity contribution in [3.63, 3.8) is 0 Å². The van der Waals surface area contributed by atoms with E-state index in [1.54, 1.807) is 31.2 Å². The molecule has 0 radical (unpaired) electrons. The van der Waals surface area contributed by atoms with Gasteiger partial charge in [-0.1, -0.05) is 80.8 Å². The summed E-state index contributed by atoms with van der Waals surface area (Å²) in [6.07, 6.45) is 0. The van der Waals surface area contributed by atoms with Crippen molar-refractivity contribution < 1.29 is 10.2 Å². The van der Waals surface area contributed by atoms with Crippen LogP contribution in [0, 0.1) is 21.7 Å². The van der Waals surface area contributed by atoms with Gasteiger partial charge in [0.15, 0.2) is 17.0 Å². The number of aromatic nitrogens is 2. The molecule has 0 saturated carbocycles. The summed E-state index contributed by atoms with van der Waals surface area (Å²) in [5.41, 5.74) is 2.16. The second-order valence-corrected chi connectivity index (χ2v) is 6.98. The molecule has 11 heteroatoms. The van der Waals surface area contributed by atoms with Crippen LogP contribution >= 0.6 is 0 Å². The van der Waals surface area contributed by atoms with E-state index in [1.807, 2.05) is 42.5 Å². The van der Waals surface area contributed by atoms with E-state index in [9.17, 15) is 15.7 Å². The number of hydrogen-bond acceptors (Lipinski definition) is 8. The van der Waals surface area contributed by atoms with Crippen LogP contribution in [0.4, 0.5) is 11.5 Å². The van der Waals surface area contributed by atoms with Crippen molar-refractivity contribution in [1.29, 1.82) is 5.26 Å². The van der Waals surface area contributed by atoms with Crippen molar-refractivity contribution in [2.24, 2.45) is 20.4 Å². The molecule has 2 aliphatic heterocycles. The Hall–Kier alpha value is -4.34. The van der Waals surface area contributed by atoms with Crippen LogP contribution in [0.15, 0.2) is 92.5 Å². The molecule has 2 aliphatic rings. The molecule has 0 spiro atoms. The Morgan fingerprint density at radius 2 is 1.62 bits per heavy atom. The number of nitrogens with one attached hydrogen (secondary N) is 2. The zero-order valence-electron chi connectivity index (χ0n) is 16.7. The molecule has 2 unspecified atom stereocenters. The van der Waals surface area contributed by atoms with Gasteiger partial charge < -0.3 is 10.4 Å². The molecule has 0 aliphatic carbocycles. The highest BCUT2D eigenvalue weighted by molar-refractivity contribution is 6.15. The number of fused-ring (bicyclic) bond motifs is 1. The van der Waals surface area contributed by atoms with Crippen molar-refractivity contribution in [3.05, 3.63) is 88.0 Å². The van der Waals surface area contributed by atoms with Crippen molar-refractivity contribution in [1.82, 2.24) is 9.89 Å². The number of hydroxylamine groups is 2. The number of benzene rings is 2. The summed E-state index contributed by atoms with van der Waals surface area (Å²) in [6.45, 7) is 1.58. The molecule has 0 bridgehead atoms. The van der Waals surface area contributed by atoms with Gasteiger partial charge in [0.1, 0.15) is 11.8 Å². The first-order valence-electron chi connectivity index (χ1n) is 9.62. The Bertz CT molecular complexity index is 1370. The topological polar surface area (TPSA) is 146 Å². The van der Waals surface area contributed by atoms with Crippen molar-refractivity contribution in [2.75, 3.05) is 0 Å². The fourth-order valence-electron chi connectivity index (χ4n) is 3.45. The van der Waals surface area contributed by atoms with E-state index in [0.29, 0.717) is 16.8 Å². The number of nitriles is 1. The standard InChI is InChI=1S/C21H15N9O2/c1-13-25-29-21(28(13)31)19(18(26-29)15-10-6-3-7-11-15)23-24-20-16(12-22)17(27-30(20)32)14-8-4-2-5-9-14/h2-11,28,30H,1H3. The maximum Gasteiger partial charge on any atom is 0.292 e. The quantitative estimate of drug-likeness (QED) is 0.480. The van der Waals surface area contributed by atoms with E-state index >= 15 is 0 Å². The molecular formula is C21H15N9O2. The van der Waals surface area contributed by atoms with Crippen LogP contribution in [0.3, 0.4) is 0 Å². The zero-order valence-corrected chi connectivity index (χ0v) is 16.7. The normalized spacial score (nSPS) is 19.8. The minimum Gasteiger partial charge on any atom is -0.621 e. The lowest BCUT2D eigenvalue weighted by Gasteiger charge is -2.13. The number of rotatable bonds is 4. The van der Waals surface area contributed by atoms with E-state index in [2.05, 4.69) is 25.5 Å². The van der Waals surface area contributed by atoms with Crippen LogP contribution in [-0.2, 0) is 0 Å². The van der Waals surface area contributed by atoms with E-state index < -0.39 is 5.17 Å². The molecule has 3 aromatic rings. The highest BCUT2D eigenvalue weighted by Gasteiger charge is 2.33. The smallest absolute Gasteiger partial charge is 0.292 e. The van der Waals surface area contributed by atoms with Gasteiger partial charge in [-0.3, -0.25) is 5.06 Å². The highest BCUT2D eigenvalue weighted by Crippen LogP contribution is 2.36. The summed E-state index contributed by atoms with van der Waals surface area (Å²) >= 11 is 0. The van der Waals surface area contributed by atoms with Crippen LogP contribution in [0.5, 0.6) is 0 Å². The highest BCUT2D eigenvalue weighted by atomic mass is 16.5. The Morgan fingerprint density at radius 3 is 2.28 bits per heavy atom. The van der Waals surface area contributed by atoms with Crippen molar-refractivity contribution in [3.8, 4) is 17.3 Å². The number of azo groups is 1. The van der Waals surface area contributed by atoms with E-state index in [-0.39, 0.29) is 39.5 Å². The predicted molar refractivity (Wildman–Crippen MR) is 115 cm³/mol. The molecule has 2 aromatic carbocycles. The van der Waals surface area contributed by atoms with Gasteiger partial charge in [-0.25, -0.2) is 0 Å². The lowest BCUT2D eigenvalue weighted by molar-refractivity contribution is -0.811. The third-order valence-corrected chi connectivity index (χ3v) is 4.98. The maximum absolute atomic E-state index is 12.6. The number of amidine groups is 1. The van der Waals surface area contributed by atoms with Crippen LogP contribution in [0.2, 0.25) is 0 Å². The van der Waals surface area contributed by atoms with E-state index in [1.165, 1.54) is 4.79 Å². The second kappa shape index (κ2) is 7.73. The van der Waals surface area contributed by atoms with E-state index in [4.69, 9.17) is 0 Å². The molecule has 2 atom stereocenters. The van der Waals surface area contributed by atoms with Gasteiger partial charge in [-0.05, 0) is 0 Å². The SMILES string of the molecule is CC1=Nn2nc(-c3ccccc3)c(N=NC3=C(C#N)C(c4ccccc4)=N[NH+]3[O-])c2[NH+]1[O-]. The lowest BCUT2D eigenvalue weighted by atomic mass is 10.0. The first kappa shape index (κ1) is 19.6. The number of nitrogens with zero attached hydrogens (tertiary/aromatic N) is 7. The van der Waals surface area contributed by atoms with Gasteiger partial charge >= 0.3 is 0 Å². The maximum atomic E-state index is 12.6. The average Bonchev–Trinajstić information content (AvgIpc) is 3.43. The summed E-state index contributed by atoms with van der Waals surface area (Å²) < 4.78 is 0. The fraction of sp³-hybridized carbons (Fsp3) is 0.0476. The van der Waals surface area contributed by atoms with Gasteiger partial charge in [0.05, 0.1) is 0 Å². The number of allylic oxidation sites excluding steroid dienone is 1. The Kier molecular flexibility index (Phi) is 4.74. The van der Waals surface area contributed by atoms with Gasteiger partial charge in [0.2, 0.25) is 5.84 Å². The van der Waals surface area contributed by atoms with Gasteiger partial charge in [-0.15, -0.1) is 10.2 Å². The summed E-state index contributed by atoms with van der Waals surface area (Å²) in [7, 11) is 0. The molecular weight excluding hydrogens is 410 g/mol. The first-order valence-corrected chi connectivity index (χ1v) is 9.62. The first-order chi connectivity index (χ1) is 15.6. The van der Waals surface area contributed by atoms with Gasteiger partial charge in [-0.2, -0.15) is 10.4 Å². The van der Waals surface area contributed by atoms with Gasteiger partial charge in [0.25, 0.3) is 11.6 Å². The summed E-state index contributed by atoms with van der Waals surface area (Å²) in [5, 5.41) is 54.6.